The molecule has 0 aromatic carbocycles. The number of amides is 4. The van der Waals surface area contributed by atoms with Gasteiger partial charge in [0.2, 0.25) is 5.91 Å². The second-order valence-electron chi connectivity index (χ2n) is 5.92. The molecular formula is C13H17N5O7S. The Morgan fingerprint density at radius 1 is 1.35 bits per heavy atom. The quantitative estimate of drug-likeness (QED) is 0.361. The topological polar surface area (TPSA) is 161 Å². The van der Waals surface area contributed by atoms with Gasteiger partial charge < -0.3 is 9.88 Å². The molecule has 142 valence electrons. The first kappa shape index (κ1) is 18.2. The van der Waals surface area contributed by atoms with Crippen molar-refractivity contribution >= 4 is 28.2 Å². The minimum atomic E-state index is -4.85. The molecule has 0 spiro atoms. The molecule has 2 bridgehead atoms. The summed E-state index contributed by atoms with van der Waals surface area (Å²) in [6.07, 6.45) is 2.25. The number of hydroxylamine groups is 2. The van der Waals surface area contributed by atoms with E-state index in [-0.39, 0.29) is 19.4 Å². The lowest BCUT2D eigenvalue weighted by molar-refractivity contribution is -0.131. The Morgan fingerprint density at radius 2 is 2.12 bits per heavy atom. The van der Waals surface area contributed by atoms with Gasteiger partial charge in [-0.25, -0.2) is 4.79 Å². The SMILES string of the molecule is O=C(Cc1ccc[nH]1)NNC(=O)[C@@H]1CC[C@@H]2CN1C(=O)N2OS(=O)(=O)O. The van der Waals surface area contributed by atoms with E-state index in [2.05, 4.69) is 20.1 Å². The number of hydrogen-bond donors (Lipinski definition) is 4. The average molecular weight is 387 g/mol. The van der Waals surface area contributed by atoms with Crippen molar-refractivity contribution < 1.29 is 31.6 Å². The standard InChI is InChI=1S/C13H17N5O7S/c19-11(6-8-2-1-5-14-8)15-16-12(20)10-4-3-9-7-17(10)13(21)18(9)25-26(22,23)24/h1-2,5,9-10,14H,3-4,6-7H2,(H,15,19)(H,16,20)(H,22,23,24)/t9-,10+/m1/s1. The molecule has 2 saturated heterocycles. The fourth-order valence-electron chi connectivity index (χ4n) is 3.01. The Morgan fingerprint density at radius 3 is 2.77 bits per heavy atom. The number of fused-ring (bicyclic) bond motifs is 2. The van der Waals surface area contributed by atoms with Crippen LogP contribution in [0.5, 0.6) is 0 Å². The third kappa shape index (κ3) is 3.95. The zero-order valence-electron chi connectivity index (χ0n) is 13.4. The number of piperidine rings is 1. The summed E-state index contributed by atoms with van der Waals surface area (Å²) < 4.78 is 34.7. The Balaban J connectivity index is 1.56. The molecule has 4 amide bonds. The van der Waals surface area contributed by atoms with Crippen LogP contribution in [-0.4, -0.2) is 64.4 Å². The number of aromatic nitrogens is 1. The predicted molar refractivity (Wildman–Crippen MR) is 84.2 cm³/mol. The molecule has 13 heteroatoms. The fraction of sp³-hybridized carbons (Fsp3) is 0.462. The first-order valence-corrected chi connectivity index (χ1v) is 9.09. The summed E-state index contributed by atoms with van der Waals surface area (Å²) in [4.78, 5) is 40.3. The Bertz CT molecular complexity index is 809. The van der Waals surface area contributed by atoms with Gasteiger partial charge in [0.05, 0.1) is 12.5 Å². The van der Waals surface area contributed by atoms with Gasteiger partial charge in [-0.15, -0.1) is 4.28 Å². The maximum absolute atomic E-state index is 12.3. The van der Waals surface area contributed by atoms with E-state index in [0.717, 1.165) is 4.90 Å². The van der Waals surface area contributed by atoms with E-state index in [1.165, 1.54) is 0 Å². The van der Waals surface area contributed by atoms with Gasteiger partial charge in [0.1, 0.15) is 6.04 Å². The number of nitrogens with zero attached hydrogens (tertiary/aromatic N) is 2. The molecule has 0 aliphatic carbocycles. The number of H-pyrrole nitrogens is 1. The van der Waals surface area contributed by atoms with Crippen LogP contribution in [0.3, 0.4) is 0 Å². The van der Waals surface area contributed by atoms with Crippen molar-refractivity contribution in [3.05, 3.63) is 24.0 Å². The van der Waals surface area contributed by atoms with Crippen molar-refractivity contribution in [1.29, 1.82) is 0 Å². The summed E-state index contributed by atoms with van der Waals surface area (Å²) in [5, 5.41) is 0.548. The summed E-state index contributed by atoms with van der Waals surface area (Å²) in [6.45, 7) is 0.0723. The number of hydrogen-bond acceptors (Lipinski definition) is 6. The monoisotopic (exact) mass is 387 g/mol. The van der Waals surface area contributed by atoms with Gasteiger partial charge in [-0.3, -0.25) is 25.0 Å². The molecule has 3 heterocycles. The van der Waals surface area contributed by atoms with Crippen molar-refractivity contribution in [2.24, 2.45) is 0 Å². The predicted octanol–water partition coefficient (Wildman–Crippen LogP) is -1.29. The van der Waals surface area contributed by atoms with E-state index in [1.807, 2.05) is 0 Å². The lowest BCUT2D eigenvalue weighted by Gasteiger charge is -2.29. The summed E-state index contributed by atoms with van der Waals surface area (Å²) >= 11 is 0. The van der Waals surface area contributed by atoms with Crippen molar-refractivity contribution in [3.63, 3.8) is 0 Å². The van der Waals surface area contributed by atoms with E-state index < -0.39 is 40.3 Å². The van der Waals surface area contributed by atoms with Crippen LogP contribution in [0.25, 0.3) is 0 Å². The highest BCUT2D eigenvalue weighted by molar-refractivity contribution is 7.80. The fourth-order valence-corrected chi connectivity index (χ4v) is 3.40. The lowest BCUT2D eigenvalue weighted by Crippen LogP contribution is -2.54. The molecule has 2 fully saturated rings. The van der Waals surface area contributed by atoms with E-state index in [4.69, 9.17) is 4.55 Å². The summed E-state index contributed by atoms with van der Waals surface area (Å²) in [7, 11) is -4.85. The van der Waals surface area contributed by atoms with Gasteiger partial charge in [0.25, 0.3) is 5.91 Å². The van der Waals surface area contributed by atoms with Crippen LogP contribution < -0.4 is 10.9 Å². The molecule has 1 aromatic heterocycles. The normalized spacial score (nSPS) is 22.4. The van der Waals surface area contributed by atoms with Crippen molar-refractivity contribution in [2.45, 2.75) is 31.3 Å². The lowest BCUT2D eigenvalue weighted by atomic mass is 10.0. The number of aromatic amines is 1. The maximum Gasteiger partial charge on any atom is 0.418 e. The molecular weight excluding hydrogens is 370 g/mol. The molecule has 0 unspecified atom stereocenters. The molecule has 12 nitrogen and oxygen atoms in total. The van der Waals surface area contributed by atoms with Crippen LogP contribution in [0.2, 0.25) is 0 Å². The molecule has 1 aromatic rings. The maximum atomic E-state index is 12.3. The summed E-state index contributed by atoms with van der Waals surface area (Å²) in [5.41, 5.74) is 5.19. The molecule has 2 atom stereocenters. The minimum absolute atomic E-state index is 0.0403. The highest BCUT2D eigenvalue weighted by Gasteiger charge is 2.49. The van der Waals surface area contributed by atoms with Crippen LogP contribution in [0.15, 0.2) is 18.3 Å². The number of nitrogens with one attached hydrogen (secondary N) is 3. The Labute approximate surface area is 148 Å². The van der Waals surface area contributed by atoms with E-state index in [9.17, 15) is 22.8 Å². The molecule has 0 radical (unpaired) electrons. The molecule has 2 aliphatic heterocycles. The molecule has 2 aliphatic rings. The number of rotatable bonds is 5. The van der Waals surface area contributed by atoms with Gasteiger partial charge in [-0.05, 0) is 25.0 Å². The summed E-state index contributed by atoms with van der Waals surface area (Å²) in [5.74, 6) is -1.05. The third-order valence-electron chi connectivity index (χ3n) is 4.14. The zero-order chi connectivity index (χ0) is 18.9. The molecule has 0 saturated carbocycles. The van der Waals surface area contributed by atoms with Gasteiger partial charge >= 0.3 is 16.4 Å². The first-order valence-electron chi connectivity index (χ1n) is 7.72. The van der Waals surface area contributed by atoms with Crippen LogP contribution in [0, 0.1) is 0 Å². The highest BCUT2D eigenvalue weighted by atomic mass is 32.3. The van der Waals surface area contributed by atoms with E-state index >= 15 is 0 Å². The van der Waals surface area contributed by atoms with Gasteiger partial charge in [0.15, 0.2) is 0 Å². The van der Waals surface area contributed by atoms with Crippen LogP contribution in [0.4, 0.5) is 4.79 Å². The number of carbonyl (C=O) groups excluding carboxylic acids is 3. The highest BCUT2D eigenvalue weighted by Crippen LogP contribution is 2.30. The van der Waals surface area contributed by atoms with Gasteiger partial charge in [0, 0.05) is 18.4 Å². The van der Waals surface area contributed by atoms with Crippen LogP contribution in [-0.2, 0) is 30.7 Å². The van der Waals surface area contributed by atoms with E-state index in [1.54, 1.807) is 18.3 Å². The van der Waals surface area contributed by atoms with E-state index in [0.29, 0.717) is 17.2 Å². The van der Waals surface area contributed by atoms with Gasteiger partial charge in [-0.1, -0.05) is 0 Å². The Kier molecular flexibility index (Phi) is 4.84. The minimum Gasteiger partial charge on any atom is -0.365 e. The average Bonchev–Trinajstić information content (AvgIpc) is 3.15. The zero-order valence-corrected chi connectivity index (χ0v) is 14.2. The number of hydrazine groups is 1. The smallest absolute Gasteiger partial charge is 0.365 e. The molecule has 4 N–H and O–H groups in total. The second-order valence-corrected chi connectivity index (χ2v) is 6.92. The van der Waals surface area contributed by atoms with Crippen LogP contribution in [0.1, 0.15) is 18.5 Å². The summed E-state index contributed by atoms with van der Waals surface area (Å²) in [6, 6.07) is 1.13. The first-order chi connectivity index (χ1) is 12.2. The molecule has 26 heavy (non-hydrogen) atoms. The van der Waals surface area contributed by atoms with Gasteiger partial charge in [-0.2, -0.15) is 13.5 Å². The second kappa shape index (κ2) is 6.93. The van der Waals surface area contributed by atoms with Crippen molar-refractivity contribution in [3.8, 4) is 0 Å². The number of carbonyl (C=O) groups is 3. The largest absolute Gasteiger partial charge is 0.418 e. The number of urea groups is 1. The third-order valence-corrected chi connectivity index (χ3v) is 4.49. The van der Waals surface area contributed by atoms with Crippen molar-refractivity contribution in [2.75, 3.05) is 6.54 Å². The van der Waals surface area contributed by atoms with Crippen LogP contribution >= 0.6 is 0 Å². The van der Waals surface area contributed by atoms with Crippen molar-refractivity contribution in [1.82, 2.24) is 25.8 Å². The Hall–Kier alpha value is -2.64. The molecule has 3 rings (SSSR count).